The number of fused-ring (bicyclic) bond motifs is 9. The molecule has 2 amide bonds. The number of rotatable bonds is 3. The highest BCUT2D eigenvalue weighted by molar-refractivity contribution is 6.21. The number of ketones is 1. The Bertz CT molecular complexity index is 1150. The highest BCUT2D eigenvalue weighted by Gasteiger charge is 2.69. The topological polar surface area (TPSA) is 67.0 Å². The van der Waals surface area contributed by atoms with Crippen LogP contribution in [0.15, 0.2) is 35.9 Å². The summed E-state index contributed by atoms with van der Waals surface area (Å²) in [5.74, 6) is 2.52. The van der Waals surface area contributed by atoms with Crippen molar-refractivity contribution in [2.45, 2.75) is 71.5 Å². The molecule has 35 heavy (non-hydrogen) atoms. The minimum atomic E-state index is -0.138. The van der Waals surface area contributed by atoms with Crippen LogP contribution in [0.1, 0.15) is 80.0 Å². The molecule has 7 rings (SSSR count). The van der Waals surface area contributed by atoms with Gasteiger partial charge in [0.25, 0.3) is 11.8 Å². The van der Waals surface area contributed by atoms with Crippen LogP contribution in [0.3, 0.4) is 0 Å². The Kier molecular flexibility index (Phi) is 4.49. The summed E-state index contributed by atoms with van der Waals surface area (Å²) in [7, 11) is 0. The van der Waals surface area contributed by atoms with Gasteiger partial charge in [-0.3, -0.25) is 19.3 Å². The predicted octanol–water partition coefficient (Wildman–Crippen LogP) is 5.05. The second kappa shape index (κ2) is 7.15. The molecule has 0 N–H and O–H groups in total. The first-order chi connectivity index (χ1) is 16.7. The van der Waals surface area contributed by atoms with Crippen LogP contribution in [0.5, 0.6) is 0 Å². The fourth-order valence-electron chi connectivity index (χ4n) is 9.60. The number of carbonyl (C=O) groups is 3. The highest BCUT2D eigenvalue weighted by Crippen LogP contribution is 2.70. The third kappa shape index (κ3) is 2.82. The summed E-state index contributed by atoms with van der Waals surface area (Å²) in [5.41, 5.74) is 2.68. The third-order valence-electron chi connectivity index (χ3n) is 11.3. The van der Waals surface area contributed by atoms with Gasteiger partial charge in [0.2, 0.25) is 0 Å². The minimum Gasteiger partial charge on any atom is -0.365 e. The summed E-state index contributed by atoms with van der Waals surface area (Å²) in [5, 5.41) is 0. The third-order valence-corrected chi connectivity index (χ3v) is 11.3. The monoisotopic (exact) mass is 473 g/mol. The molecule has 5 unspecified atom stereocenters. The molecule has 184 valence electrons. The Morgan fingerprint density at radius 2 is 1.71 bits per heavy atom. The molecule has 4 fully saturated rings. The number of nitrogens with zero attached hydrogens (tertiary/aromatic N) is 1. The van der Waals surface area contributed by atoms with Gasteiger partial charge in [-0.2, -0.15) is 0 Å². The van der Waals surface area contributed by atoms with Crippen molar-refractivity contribution in [2.24, 2.45) is 40.4 Å². The lowest BCUT2D eigenvalue weighted by Gasteiger charge is -2.57. The summed E-state index contributed by atoms with van der Waals surface area (Å²) in [6.45, 7) is 7.64. The summed E-state index contributed by atoms with van der Waals surface area (Å²) in [6.07, 6.45) is 8.73. The number of benzene rings is 1. The average Bonchev–Trinajstić information content (AvgIpc) is 3.51. The smallest absolute Gasteiger partial charge is 0.261 e. The van der Waals surface area contributed by atoms with E-state index in [0.717, 1.165) is 12.8 Å². The van der Waals surface area contributed by atoms with E-state index in [9.17, 15) is 14.4 Å². The van der Waals surface area contributed by atoms with E-state index in [1.165, 1.54) is 29.7 Å². The van der Waals surface area contributed by atoms with Gasteiger partial charge in [-0.1, -0.05) is 32.9 Å². The normalized spacial score (nSPS) is 44.1. The molecule has 2 aliphatic heterocycles. The van der Waals surface area contributed by atoms with E-state index in [-0.39, 0.29) is 46.6 Å². The quantitative estimate of drug-likeness (QED) is 0.455. The van der Waals surface area contributed by atoms with Crippen molar-refractivity contribution in [3.8, 4) is 0 Å². The van der Waals surface area contributed by atoms with Gasteiger partial charge in [0, 0.05) is 13.0 Å². The van der Waals surface area contributed by atoms with Crippen LogP contribution in [0, 0.1) is 40.4 Å². The first-order valence-electron chi connectivity index (χ1n) is 13.6. The Hall–Kier alpha value is -2.27. The largest absolute Gasteiger partial charge is 0.365 e. The summed E-state index contributed by atoms with van der Waals surface area (Å²) >= 11 is 0. The van der Waals surface area contributed by atoms with Crippen LogP contribution < -0.4 is 0 Å². The molecule has 5 heteroatoms. The number of imide groups is 1. The van der Waals surface area contributed by atoms with Crippen molar-refractivity contribution in [3.63, 3.8) is 0 Å². The number of hydrogen-bond donors (Lipinski definition) is 0. The maximum absolute atomic E-state index is 13.0. The molecule has 0 spiro atoms. The zero-order chi connectivity index (χ0) is 24.3. The van der Waals surface area contributed by atoms with Gasteiger partial charge < -0.3 is 4.74 Å². The first-order valence-corrected chi connectivity index (χ1v) is 13.6. The molecule has 9 atom stereocenters. The average molecular weight is 474 g/mol. The van der Waals surface area contributed by atoms with Gasteiger partial charge in [-0.15, -0.1) is 0 Å². The second-order valence-electron chi connectivity index (χ2n) is 12.8. The molecule has 3 saturated carbocycles. The molecule has 6 aliphatic rings. The van der Waals surface area contributed by atoms with E-state index < -0.39 is 0 Å². The fourth-order valence-corrected chi connectivity index (χ4v) is 9.60. The van der Waals surface area contributed by atoms with Crippen molar-refractivity contribution in [1.82, 2.24) is 4.90 Å². The number of amides is 2. The van der Waals surface area contributed by atoms with Crippen molar-refractivity contribution >= 4 is 17.6 Å². The zero-order valence-electron chi connectivity index (χ0n) is 21.0. The minimum absolute atomic E-state index is 0.0987. The summed E-state index contributed by atoms with van der Waals surface area (Å²) in [4.78, 5) is 39.7. The molecule has 2 heterocycles. The van der Waals surface area contributed by atoms with Crippen LogP contribution in [0.2, 0.25) is 0 Å². The molecule has 0 aromatic heterocycles. The number of ether oxygens (including phenoxy) is 1. The van der Waals surface area contributed by atoms with E-state index in [2.05, 4.69) is 20.8 Å². The predicted molar refractivity (Wildman–Crippen MR) is 131 cm³/mol. The maximum Gasteiger partial charge on any atom is 0.261 e. The van der Waals surface area contributed by atoms with Gasteiger partial charge in [0.1, 0.15) is 6.10 Å². The van der Waals surface area contributed by atoms with Gasteiger partial charge >= 0.3 is 0 Å². The standard InChI is InChI=1S/C30H35NO4/c1-16(15-31-27(33)18-6-4-5-7-19(18)28(31)34)20-8-9-21-24-22(11-13-29(20,21)2)30(3)12-10-17(32)14-23(30)25-26(24)35-25/h4-7,14,16,20-22,24-26H,8-13,15H2,1-3H3/t16-,20?,21?,22?,24?,25-,26+,29-,30?/m1/s1. The van der Waals surface area contributed by atoms with Crippen LogP contribution in [0.25, 0.3) is 0 Å². The lowest BCUT2D eigenvalue weighted by Crippen LogP contribution is -2.54. The van der Waals surface area contributed by atoms with Gasteiger partial charge in [0.15, 0.2) is 5.78 Å². The van der Waals surface area contributed by atoms with Crippen molar-refractivity contribution in [3.05, 3.63) is 47.0 Å². The Morgan fingerprint density at radius 1 is 1.00 bits per heavy atom. The lowest BCUT2D eigenvalue weighted by molar-refractivity contribution is -0.117. The SMILES string of the molecule is C[C@H](CN1C(=O)c2ccccc2C1=O)C1CCC2C3C(CC[C@@]21C)C1(C)CCC(=O)C=C1[C@H]1O[C@@H]31. The zero-order valence-corrected chi connectivity index (χ0v) is 21.0. The van der Waals surface area contributed by atoms with Crippen LogP contribution in [-0.2, 0) is 9.53 Å². The Balaban J connectivity index is 1.14. The highest BCUT2D eigenvalue weighted by atomic mass is 16.6. The fraction of sp³-hybridized carbons (Fsp3) is 0.633. The van der Waals surface area contributed by atoms with Crippen LogP contribution in [-0.4, -0.2) is 41.3 Å². The van der Waals surface area contributed by atoms with Crippen molar-refractivity contribution < 1.29 is 19.1 Å². The van der Waals surface area contributed by atoms with E-state index in [0.29, 0.717) is 47.8 Å². The molecule has 1 saturated heterocycles. The van der Waals surface area contributed by atoms with E-state index in [4.69, 9.17) is 4.74 Å². The summed E-state index contributed by atoms with van der Waals surface area (Å²) in [6, 6.07) is 7.20. The van der Waals surface area contributed by atoms with Crippen LogP contribution >= 0.6 is 0 Å². The number of epoxide rings is 1. The maximum atomic E-state index is 13.0. The molecule has 5 nitrogen and oxygen atoms in total. The van der Waals surface area contributed by atoms with Crippen molar-refractivity contribution in [2.75, 3.05) is 6.54 Å². The van der Waals surface area contributed by atoms with Crippen LogP contribution in [0.4, 0.5) is 0 Å². The molecule has 0 radical (unpaired) electrons. The lowest BCUT2D eigenvalue weighted by atomic mass is 9.46. The number of hydrogen-bond acceptors (Lipinski definition) is 4. The van der Waals surface area contributed by atoms with Crippen molar-refractivity contribution in [1.29, 1.82) is 0 Å². The molecule has 4 aliphatic carbocycles. The van der Waals surface area contributed by atoms with Gasteiger partial charge in [-0.25, -0.2) is 0 Å². The molecule has 1 aromatic rings. The second-order valence-corrected chi connectivity index (χ2v) is 12.8. The van der Waals surface area contributed by atoms with E-state index >= 15 is 0 Å². The molecule has 1 aromatic carbocycles. The first kappa shape index (κ1) is 22.0. The Morgan fingerprint density at radius 3 is 2.43 bits per heavy atom. The molecular formula is C30H35NO4. The van der Waals surface area contributed by atoms with E-state index in [1.54, 1.807) is 12.1 Å². The molecular weight excluding hydrogens is 438 g/mol. The summed E-state index contributed by atoms with van der Waals surface area (Å²) < 4.78 is 6.33. The number of carbonyl (C=O) groups excluding carboxylic acids is 3. The van der Waals surface area contributed by atoms with Gasteiger partial charge in [-0.05, 0) is 96.3 Å². The Labute approximate surface area is 207 Å². The van der Waals surface area contributed by atoms with Gasteiger partial charge in [0.05, 0.1) is 17.2 Å². The molecule has 0 bridgehead atoms. The van der Waals surface area contributed by atoms with E-state index in [1.807, 2.05) is 18.2 Å².